The topological polar surface area (TPSA) is 61.4 Å². The number of hydrogen-bond donors (Lipinski definition) is 0. The van der Waals surface area contributed by atoms with Crippen LogP contribution in [0.5, 0.6) is 5.75 Å². The second-order valence-electron chi connectivity index (χ2n) is 7.89. The molecule has 0 atom stereocenters. The van der Waals surface area contributed by atoms with E-state index in [-0.39, 0.29) is 23.8 Å². The van der Waals surface area contributed by atoms with Crippen LogP contribution < -0.4 is 10.3 Å². The van der Waals surface area contributed by atoms with Crippen LogP contribution in [0.15, 0.2) is 77.7 Å². The average Bonchev–Trinajstić information content (AvgIpc) is 3.20. The zero-order valence-corrected chi connectivity index (χ0v) is 18.5. The highest BCUT2D eigenvalue weighted by molar-refractivity contribution is 5.65. The Morgan fingerprint density at radius 2 is 1.79 bits per heavy atom. The lowest BCUT2D eigenvalue weighted by atomic mass is 10.1. The predicted molar refractivity (Wildman–Crippen MR) is 124 cm³/mol. The molecular weight excluding hydrogens is 438 g/mol. The first-order chi connectivity index (χ1) is 16.4. The van der Waals surface area contributed by atoms with E-state index in [2.05, 4.69) is 10.1 Å². The SMILES string of the molecule is Cc1nc2c(OCc3ccccc3F)cccn2c(=O)c1-c1cc(C)n(-c2cccc(F)c2)n1. The number of pyridine rings is 1. The predicted octanol–water partition coefficient (Wildman–Crippen LogP) is 5.02. The third kappa shape index (κ3) is 3.83. The summed E-state index contributed by atoms with van der Waals surface area (Å²) < 4.78 is 36.5. The molecule has 3 heterocycles. The summed E-state index contributed by atoms with van der Waals surface area (Å²) in [5, 5.41) is 4.55. The summed E-state index contributed by atoms with van der Waals surface area (Å²) in [7, 11) is 0. The van der Waals surface area contributed by atoms with Crippen LogP contribution in [-0.4, -0.2) is 19.2 Å². The van der Waals surface area contributed by atoms with Crippen molar-refractivity contribution in [1.29, 1.82) is 0 Å². The first kappa shape index (κ1) is 21.5. The van der Waals surface area contributed by atoms with Gasteiger partial charge in [0.1, 0.15) is 23.9 Å². The summed E-state index contributed by atoms with van der Waals surface area (Å²) in [5.74, 6) is -0.380. The van der Waals surface area contributed by atoms with E-state index in [0.717, 1.165) is 5.69 Å². The summed E-state index contributed by atoms with van der Waals surface area (Å²) in [6.45, 7) is 3.55. The molecule has 8 heteroatoms. The molecule has 0 unspecified atom stereocenters. The van der Waals surface area contributed by atoms with Crippen molar-refractivity contribution >= 4 is 5.65 Å². The fourth-order valence-corrected chi connectivity index (χ4v) is 3.89. The second-order valence-corrected chi connectivity index (χ2v) is 7.89. The Labute approximate surface area is 193 Å². The third-order valence-corrected chi connectivity index (χ3v) is 5.54. The molecule has 5 aromatic rings. The van der Waals surface area contributed by atoms with Gasteiger partial charge in [-0.05, 0) is 56.3 Å². The number of aromatic nitrogens is 4. The fourth-order valence-electron chi connectivity index (χ4n) is 3.89. The smallest absolute Gasteiger partial charge is 0.267 e. The van der Waals surface area contributed by atoms with Crippen LogP contribution >= 0.6 is 0 Å². The summed E-state index contributed by atoms with van der Waals surface area (Å²) in [6.07, 6.45) is 1.60. The third-order valence-electron chi connectivity index (χ3n) is 5.54. The molecule has 0 fully saturated rings. The molecule has 6 nitrogen and oxygen atoms in total. The minimum atomic E-state index is -0.375. The van der Waals surface area contributed by atoms with Gasteiger partial charge < -0.3 is 4.74 Å². The molecule has 0 radical (unpaired) electrons. The first-order valence-electron chi connectivity index (χ1n) is 10.6. The maximum atomic E-state index is 14.0. The van der Waals surface area contributed by atoms with E-state index < -0.39 is 0 Å². The number of fused-ring (bicyclic) bond motifs is 1. The second kappa shape index (κ2) is 8.55. The van der Waals surface area contributed by atoms with Gasteiger partial charge in [0.05, 0.1) is 16.9 Å². The van der Waals surface area contributed by atoms with Crippen molar-refractivity contribution in [3.8, 4) is 22.7 Å². The Morgan fingerprint density at radius 1 is 0.971 bits per heavy atom. The minimum Gasteiger partial charge on any atom is -0.485 e. The molecule has 0 spiro atoms. The molecule has 0 N–H and O–H groups in total. The highest BCUT2D eigenvalue weighted by Gasteiger charge is 2.18. The Bertz CT molecular complexity index is 1590. The van der Waals surface area contributed by atoms with E-state index in [1.165, 1.54) is 22.6 Å². The van der Waals surface area contributed by atoms with Gasteiger partial charge in [-0.3, -0.25) is 9.20 Å². The monoisotopic (exact) mass is 458 g/mol. The van der Waals surface area contributed by atoms with Crippen LogP contribution in [0, 0.1) is 25.5 Å². The highest BCUT2D eigenvalue weighted by Crippen LogP contribution is 2.25. The molecule has 0 saturated heterocycles. The molecule has 34 heavy (non-hydrogen) atoms. The van der Waals surface area contributed by atoms with E-state index in [4.69, 9.17) is 4.74 Å². The molecule has 0 saturated carbocycles. The van der Waals surface area contributed by atoms with Gasteiger partial charge in [-0.15, -0.1) is 0 Å². The van der Waals surface area contributed by atoms with Crippen LogP contribution in [0.1, 0.15) is 17.0 Å². The van der Waals surface area contributed by atoms with Crippen LogP contribution in [0.4, 0.5) is 8.78 Å². The van der Waals surface area contributed by atoms with Crippen molar-refractivity contribution < 1.29 is 13.5 Å². The molecule has 170 valence electrons. The zero-order chi connectivity index (χ0) is 23.8. The van der Waals surface area contributed by atoms with Gasteiger partial charge in [0, 0.05) is 17.5 Å². The van der Waals surface area contributed by atoms with Crippen molar-refractivity contribution in [3.63, 3.8) is 0 Å². The molecule has 0 bridgehead atoms. The number of rotatable bonds is 5. The lowest BCUT2D eigenvalue weighted by Gasteiger charge is -2.12. The number of halogens is 2. The quantitative estimate of drug-likeness (QED) is 0.371. The summed E-state index contributed by atoms with van der Waals surface area (Å²) >= 11 is 0. The van der Waals surface area contributed by atoms with E-state index in [0.29, 0.717) is 39.6 Å². The van der Waals surface area contributed by atoms with Crippen molar-refractivity contribution in [2.24, 2.45) is 0 Å². The summed E-state index contributed by atoms with van der Waals surface area (Å²) in [6, 6.07) is 17.5. The summed E-state index contributed by atoms with van der Waals surface area (Å²) in [5.41, 5.74) is 2.94. The molecule has 0 aliphatic heterocycles. The average molecular weight is 458 g/mol. The van der Waals surface area contributed by atoms with E-state index in [9.17, 15) is 13.6 Å². The van der Waals surface area contributed by atoms with Crippen molar-refractivity contribution in [3.05, 3.63) is 112 Å². The lowest BCUT2D eigenvalue weighted by Crippen LogP contribution is -2.19. The maximum Gasteiger partial charge on any atom is 0.267 e. The molecular formula is C26H20F2N4O2. The molecule has 0 aliphatic rings. The number of hydrogen-bond acceptors (Lipinski definition) is 4. The maximum absolute atomic E-state index is 14.0. The van der Waals surface area contributed by atoms with Gasteiger partial charge in [0.15, 0.2) is 11.4 Å². The van der Waals surface area contributed by atoms with Gasteiger partial charge in [-0.1, -0.05) is 24.3 Å². The standard InChI is InChI=1S/C26H20F2N4O2/c1-16-13-22(30-32(16)20-9-5-8-19(27)14-20)24-17(2)29-25-23(11-6-12-31(25)26(24)33)34-15-18-7-3-4-10-21(18)28/h3-14H,15H2,1-2H3. The van der Waals surface area contributed by atoms with Crippen molar-refractivity contribution in [2.45, 2.75) is 20.5 Å². The minimum absolute atomic E-state index is 0.000250. The molecule has 3 aromatic heterocycles. The molecule has 2 aromatic carbocycles. The molecule has 0 aliphatic carbocycles. The van der Waals surface area contributed by atoms with Crippen molar-refractivity contribution in [1.82, 2.24) is 19.2 Å². The van der Waals surface area contributed by atoms with Crippen LogP contribution in [0.25, 0.3) is 22.6 Å². The number of nitrogens with zero attached hydrogens (tertiary/aromatic N) is 4. The Balaban J connectivity index is 1.56. The van der Waals surface area contributed by atoms with Crippen LogP contribution in [0.3, 0.4) is 0 Å². The Kier molecular flexibility index (Phi) is 5.41. The lowest BCUT2D eigenvalue weighted by molar-refractivity contribution is 0.301. The number of benzene rings is 2. The Morgan fingerprint density at radius 3 is 2.59 bits per heavy atom. The van der Waals surface area contributed by atoms with Crippen molar-refractivity contribution in [2.75, 3.05) is 0 Å². The Hall–Kier alpha value is -4.33. The highest BCUT2D eigenvalue weighted by atomic mass is 19.1. The van der Waals surface area contributed by atoms with E-state index in [1.54, 1.807) is 66.3 Å². The van der Waals surface area contributed by atoms with Gasteiger partial charge in [-0.2, -0.15) is 5.10 Å². The van der Waals surface area contributed by atoms with Gasteiger partial charge in [0.2, 0.25) is 0 Å². The summed E-state index contributed by atoms with van der Waals surface area (Å²) in [4.78, 5) is 18.0. The number of aryl methyl sites for hydroxylation is 2. The molecule has 0 amide bonds. The van der Waals surface area contributed by atoms with Gasteiger partial charge in [-0.25, -0.2) is 18.4 Å². The number of ether oxygens (including phenoxy) is 1. The van der Waals surface area contributed by atoms with Gasteiger partial charge in [0.25, 0.3) is 5.56 Å². The van der Waals surface area contributed by atoms with Crippen LogP contribution in [-0.2, 0) is 6.61 Å². The van der Waals surface area contributed by atoms with E-state index >= 15 is 0 Å². The first-order valence-corrected chi connectivity index (χ1v) is 10.6. The van der Waals surface area contributed by atoms with Gasteiger partial charge >= 0.3 is 0 Å². The van der Waals surface area contributed by atoms with Crippen LogP contribution in [0.2, 0.25) is 0 Å². The largest absolute Gasteiger partial charge is 0.485 e. The fraction of sp³-hybridized carbons (Fsp3) is 0.115. The normalized spacial score (nSPS) is 11.2. The molecule has 5 rings (SSSR count). The zero-order valence-electron chi connectivity index (χ0n) is 18.5. The van der Waals surface area contributed by atoms with E-state index in [1.807, 2.05) is 6.92 Å².